The number of imidazole rings is 1. The van der Waals surface area contributed by atoms with Crippen LogP contribution in [0.25, 0.3) is 10.9 Å². The number of benzene rings is 2. The molecular formula is C29H33N7O6S. The van der Waals surface area contributed by atoms with Gasteiger partial charge in [-0.1, -0.05) is 30.3 Å². The largest absolute Gasteiger partial charge is 0.508 e. The minimum atomic E-state index is -1.31. The van der Waals surface area contributed by atoms with Crippen LogP contribution in [0, 0.1) is 0 Å². The standard InChI is InChI=1S/C29H33N7O6S/c30-21(14-43)26(38)34-23(9-16-5-7-19(37)8-6-16)27(39)35-24(10-17-12-32-22-4-2-1-3-20(17)22)28(40)36-25(29(41)42)11-18-13-31-15-33-18/h1-8,12-13,15,21,23-25,32,37,43H,9-11,14,30H2,(H,31,33)(H,34,38)(H,35,39)(H,36,40)(H,41,42). The summed E-state index contributed by atoms with van der Waals surface area (Å²) in [4.78, 5) is 61.8. The molecule has 0 fully saturated rings. The van der Waals surface area contributed by atoms with Crippen LogP contribution in [0.5, 0.6) is 5.75 Å². The summed E-state index contributed by atoms with van der Waals surface area (Å²) in [6, 6.07) is 8.86. The number of phenolic OH excluding ortho intramolecular Hbond substituents is 1. The van der Waals surface area contributed by atoms with Crippen molar-refractivity contribution in [1.82, 2.24) is 30.9 Å². The van der Waals surface area contributed by atoms with Crippen LogP contribution in [-0.2, 0) is 38.4 Å². The molecule has 9 N–H and O–H groups in total. The zero-order chi connectivity index (χ0) is 30.9. The number of carbonyl (C=O) groups excluding carboxylic acids is 3. The van der Waals surface area contributed by atoms with Crippen LogP contribution in [0.2, 0.25) is 0 Å². The van der Waals surface area contributed by atoms with Crippen LogP contribution < -0.4 is 21.7 Å². The second kappa shape index (κ2) is 14.4. The highest BCUT2D eigenvalue weighted by Crippen LogP contribution is 2.20. The van der Waals surface area contributed by atoms with Crippen molar-refractivity contribution in [2.45, 2.75) is 43.4 Å². The van der Waals surface area contributed by atoms with Gasteiger partial charge in [0.15, 0.2) is 0 Å². The second-order valence-electron chi connectivity index (χ2n) is 10.0. The third-order valence-electron chi connectivity index (χ3n) is 6.87. The quantitative estimate of drug-likeness (QED) is 0.0914. The molecule has 0 aliphatic rings. The summed E-state index contributed by atoms with van der Waals surface area (Å²) in [6.07, 6.45) is 4.57. The lowest BCUT2D eigenvalue weighted by molar-refractivity contribution is -0.142. The first-order valence-corrected chi connectivity index (χ1v) is 14.1. The van der Waals surface area contributed by atoms with E-state index < -0.39 is 47.9 Å². The van der Waals surface area contributed by atoms with Gasteiger partial charge in [-0.2, -0.15) is 12.6 Å². The molecular weight excluding hydrogens is 574 g/mol. The van der Waals surface area contributed by atoms with Crippen molar-refractivity contribution in [3.63, 3.8) is 0 Å². The molecule has 43 heavy (non-hydrogen) atoms. The highest BCUT2D eigenvalue weighted by atomic mass is 32.1. The number of nitrogens with two attached hydrogens (primary N) is 1. The predicted octanol–water partition coefficient (Wildman–Crippen LogP) is 0.421. The number of carboxylic acid groups (broad SMARTS) is 1. The highest BCUT2D eigenvalue weighted by molar-refractivity contribution is 7.80. The Morgan fingerprint density at radius 2 is 1.51 bits per heavy atom. The van der Waals surface area contributed by atoms with E-state index in [0.717, 1.165) is 10.9 Å². The van der Waals surface area contributed by atoms with Crippen LogP contribution in [0.1, 0.15) is 16.8 Å². The third-order valence-corrected chi connectivity index (χ3v) is 7.26. The number of aromatic amines is 2. The lowest BCUT2D eigenvalue weighted by Crippen LogP contribution is -2.58. The molecule has 4 unspecified atom stereocenters. The molecule has 4 rings (SSSR count). The summed E-state index contributed by atoms with van der Waals surface area (Å²) in [5.41, 5.74) is 8.49. The first-order chi connectivity index (χ1) is 20.6. The fraction of sp³-hybridized carbons (Fsp3) is 0.276. The number of phenols is 1. The lowest BCUT2D eigenvalue weighted by Gasteiger charge is -2.25. The first kappa shape index (κ1) is 31.1. The topological polar surface area (TPSA) is 215 Å². The van der Waals surface area contributed by atoms with Crippen molar-refractivity contribution in [3.8, 4) is 5.75 Å². The van der Waals surface area contributed by atoms with E-state index in [1.807, 2.05) is 24.3 Å². The SMILES string of the molecule is NC(CS)C(=O)NC(Cc1ccc(O)cc1)C(=O)NC(Cc1c[nH]c2ccccc12)C(=O)NC(Cc1cnc[nH]1)C(=O)O. The molecule has 2 heterocycles. The van der Waals surface area contributed by atoms with Gasteiger partial charge in [0.1, 0.15) is 23.9 Å². The Balaban J connectivity index is 1.60. The number of rotatable bonds is 14. The second-order valence-corrected chi connectivity index (χ2v) is 10.4. The Hall–Kier alpha value is -4.82. The molecule has 4 atom stereocenters. The van der Waals surface area contributed by atoms with Crippen molar-refractivity contribution >= 4 is 47.2 Å². The van der Waals surface area contributed by atoms with E-state index in [2.05, 4.69) is 43.5 Å². The molecule has 0 spiro atoms. The van der Waals surface area contributed by atoms with Gasteiger partial charge in [0.25, 0.3) is 0 Å². The average molecular weight is 608 g/mol. The molecule has 2 aromatic heterocycles. The maximum Gasteiger partial charge on any atom is 0.326 e. The Kier molecular flexibility index (Phi) is 10.4. The van der Waals surface area contributed by atoms with Crippen LogP contribution >= 0.6 is 12.6 Å². The summed E-state index contributed by atoms with van der Waals surface area (Å²) >= 11 is 4.06. The number of aromatic hydroxyl groups is 1. The molecule has 13 nitrogen and oxygen atoms in total. The van der Waals surface area contributed by atoms with Gasteiger partial charge in [-0.25, -0.2) is 9.78 Å². The number of amides is 3. The zero-order valence-electron chi connectivity index (χ0n) is 23.0. The van der Waals surface area contributed by atoms with Crippen molar-refractivity contribution in [2.75, 3.05) is 5.75 Å². The van der Waals surface area contributed by atoms with E-state index in [9.17, 15) is 29.4 Å². The van der Waals surface area contributed by atoms with Crippen LogP contribution in [0.15, 0.2) is 67.3 Å². The fourth-order valence-electron chi connectivity index (χ4n) is 4.53. The Morgan fingerprint density at radius 3 is 2.16 bits per heavy atom. The first-order valence-electron chi connectivity index (χ1n) is 13.4. The molecule has 0 saturated heterocycles. The van der Waals surface area contributed by atoms with E-state index in [1.54, 1.807) is 18.3 Å². The Bertz CT molecular complexity index is 1560. The number of carbonyl (C=O) groups is 4. The number of H-pyrrole nitrogens is 2. The third kappa shape index (κ3) is 8.36. The molecule has 226 valence electrons. The minimum Gasteiger partial charge on any atom is -0.508 e. The van der Waals surface area contributed by atoms with Crippen LogP contribution in [-0.4, -0.2) is 78.8 Å². The molecule has 4 aromatic rings. The van der Waals surface area contributed by atoms with E-state index in [1.165, 1.54) is 24.7 Å². The Labute approximate surface area is 252 Å². The number of para-hydroxylation sites is 1. The molecule has 0 aliphatic heterocycles. The van der Waals surface area contributed by atoms with Crippen LogP contribution in [0.3, 0.4) is 0 Å². The summed E-state index contributed by atoms with van der Waals surface area (Å²) in [6.45, 7) is 0. The predicted molar refractivity (Wildman–Crippen MR) is 161 cm³/mol. The maximum atomic E-state index is 13.7. The maximum absolute atomic E-state index is 13.7. The smallest absolute Gasteiger partial charge is 0.326 e. The highest BCUT2D eigenvalue weighted by Gasteiger charge is 2.31. The molecule has 0 saturated carbocycles. The van der Waals surface area contributed by atoms with Gasteiger partial charge in [0.2, 0.25) is 17.7 Å². The molecule has 3 amide bonds. The normalized spacial score (nSPS) is 13.9. The van der Waals surface area contributed by atoms with Gasteiger partial charge in [-0.05, 0) is 29.3 Å². The van der Waals surface area contributed by atoms with Crippen molar-refractivity contribution in [3.05, 3.63) is 84.1 Å². The zero-order valence-corrected chi connectivity index (χ0v) is 23.9. The van der Waals surface area contributed by atoms with E-state index in [4.69, 9.17) is 5.73 Å². The van der Waals surface area contributed by atoms with Gasteiger partial charge in [-0.3, -0.25) is 14.4 Å². The molecule has 0 bridgehead atoms. The van der Waals surface area contributed by atoms with E-state index in [0.29, 0.717) is 16.8 Å². The van der Waals surface area contributed by atoms with Gasteiger partial charge < -0.3 is 41.9 Å². The van der Waals surface area contributed by atoms with Crippen molar-refractivity contribution < 1.29 is 29.4 Å². The van der Waals surface area contributed by atoms with E-state index >= 15 is 0 Å². The molecule has 2 aromatic carbocycles. The number of nitrogens with zero attached hydrogens (tertiary/aromatic N) is 1. The molecule has 0 radical (unpaired) electrons. The number of aromatic nitrogens is 3. The van der Waals surface area contributed by atoms with Gasteiger partial charge in [0, 0.05) is 54.0 Å². The van der Waals surface area contributed by atoms with Crippen LogP contribution in [0.4, 0.5) is 0 Å². The number of nitrogens with one attached hydrogen (secondary N) is 5. The van der Waals surface area contributed by atoms with Crippen molar-refractivity contribution in [2.24, 2.45) is 5.73 Å². The molecule has 0 aliphatic carbocycles. The average Bonchev–Trinajstić information content (AvgIpc) is 3.66. The summed E-state index contributed by atoms with van der Waals surface area (Å²) < 4.78 is 0. The lowest BCUT2D eigenvalue weighted by atomic mass is 10.0. The Morgan fingerprint density at radius 1 is 0.860 bits per heavy atom. The van der Waals surface area contributed by atoms with Gasteiger partial charge in [0.05, 0.1) is 12.4 Å². The summed E-state index contributed by atoms with van der Waals surface area (Å²) in [7, 11) is 0. The minimum absolute atomic E-state index is 0.0218. The number of aliphatic carboxylic acids is 1. The van der Waals surface area contributed by atoms with E-state index in [-0.39, 0.29) is 30.8 Å². The number of thiol groups is 1. The van der Waals surface area contributed by atoms with Gasteiger partial charge >= 0.3 is 5.97 Å². The number of hydrogen-bond acceptors (Lipinski definition) is 8. The fourth-order valence-corrected chi connectivity index (χ4v) is 4.70. The van der Waals surface area contributed by atoms with Gasteiger partial charge in [-0.15, -0.1) is 0 Å². The summed E-state index contributed by atoms with van der Waals surface area (Å²) in [5.74, 6) is -3.22. The number of hydrogen-bond donors (Lipinski definition) is 9. The van der Waals surface area contributed by atoms with Crippen molar-refractivity contribution in [1.29, 1.82) is 0 Å². The monoisotopic (exact) mass is 607 g/mol. The number of fused-ring (bicyclic) bond motifs is 1. The summed E-state index contributed by atoms with van der Waals surface area (Å²) in [5, 5.41) is 28.1. The number of carboxylic acids is 1. The molecule has 14 heteroatoms.